The second-order valence-corrected chi connectivity index (χ2v) is 8.65. The van der Waals surface area contributed by atoms with Gasteiger partial charge in [-0.3, -0.25) is 9.69 Å². The summed E-state index contributed by atoms with van der Waals surface area (Å²) < 4.78 is 24.3. The summed E-state index contributed by atoms with van der Waals surface area (Å²) in [6.45, 7) is 2.93. The molecule has 0 aromatic heterocycles. The van der Waals surface area contributed by atoms with E-state index >= 15 is 0 Å². The van der Waals surface area contributed by atoms with Gasteiger partial charge in [-0.15, -0.1) is 0 Å². The van der Waals surface area contributed by atoms with Crippen LogP contribution in [0.15, 0.2) is 30.3 Å². The molecule has 6 heteroatoms. The molecular formula is C15H21NO3S2. The van der Waals surface area contributed by atoms with Gasteiger partial charge in [-0.25, -0.2) is 8.42 Å². The van der Waals surface area contributed by atoms with Crippen LogP contribution in [0.2, 0.25) is 0 Å². The van der Waals surface area contributed by atoms with Crippen LogP contribution in [-0.2, 0) is 9.84 Å². The van der Waals surface area contributed by atoms with Gasteiger partial charge in [-0.05, 0) is 0 Å². The van der Waals surface area contributed by atoms with E-state index < -0.39 is 15.2 Å². The number of rotatable bonds is 6. The minimum atomic E-state index is -3.09. The smallest absolute Gasteiger partial charge is 0.166 e. The highest BCUT2D eigenvalue weighted by Gasteiger charge is 2.32. The van der Waals surface area contributed by atoms with Gasteiger partial charge in [-0.2, -0.15) is 11.8 Å². The number of sulfone groups is 1. The molecule has 1 atom stereocenters. The third kappa shape index (κ3) is 4.31. The summed E-state index contributed by atoms with van der Waals surface area (Å²) in [6, 6.07) is 9.16. The molecule has 1 saturated heterocycles. The Balaban J connectivity index is 1.99. The molecule has 1 aromatic carbocycles. The predicted octanol–water partition coefficient (Wildman–Crippen LogP) is 2.07. The van der Waals surface area contributed by atoms with Crippen LogP contribution < -0.4 is 0 Å². The molecule has 1 aliphatic rings. The van der Waals surface area contributed by atoms with Crippen LogP contribution in [0.1, 0.15) is 23.7 Å². The fraction of sp³-hybridized carbons (Fsp3) is 0.533. The molecule has 0 aliphatic carbocycles. The SMILES string of the molecule is CCS(=O)(=O)C1CSCCN1CCC(=O)c1ccccc1. The first-order valence-electron chi connectivity index (χ1n) is 7.16. The molecule has 4 nitrogen and oxygen atoms in total. The molecule has 21 heavy (non-hydrogen) atoms. The normalized spacial score (nSPS) is 20.3. The van der Waals surface area contributed by atoms with Crippen LogP contribution >= 0.6 is 11.8 Å². The van der Waals surface area contributed by atoms with Crippen LogP contribution in [0.5, 0.6) is 0 Å². The summed E-state index contributed by atoms with van der Waals surface area (Å²) in [5.74, 6) is 1.76. The number of ketones is 1. The predicted molar refractivity (Wildman–Crippen MR) is 87.5 cm³/mol. The van der Waals surface area contributed by atoms with Crippen LogP contribution in [0.4, 0.5) is 0 Å². The summed E-state index contributed by atoms with van der Waals surface area (Å²) >= 11 is 1.67. The maximum absolute atomic E-state index is 12.1. The lowest BCUT2D eigenvalue weighted by atomic mass is 10.1. The number of hydrogen-bond acceptors (Lipinski definition) is 5. The van der Waals surface area contributed by atoms with E-state index in [1.165, 1.54) is 0 Å². The fourth-order valence-corrected chi connectivity index (χ4v) is 5.52. The van der Waals surface area contributed by atoms with Crippen molar-refractivity contribution in [3.63, 3.8) is 0 Å². The van der Waals surface area contributed by atoms with Crippen molar-refractivity contribution in [1.29, 1.82) is 0 Å². The van der Waals surface area contributed by atoms with Gasteiger partial charge in [0.2, 0.25) is 0 Å². The zero-order valence-corrected chi connectivity index (χ0v) is 13.8. The second kappa shape index (κ2) is 7.42. The molecule has 0 saturated carbocycles. The number of hydrogen-bond donors (Lipinski definition) is 0. The highest BCUT2D eigenvalue weighted by atomic mass is 32.2. The van der Waals surface area contributed by atoms with Crippen molar-refractivity contribution in [2.75, 3.05) is 30.3 Å². The average Bonchev–Trinajstić information content (AvgIpc) is 2.53. The maximum Gasteiger partial charge on any atom is 0.166 e. The molecule has 1 heterocycles. The zero-order valence-electron chi connectivity index (χ0n) is 12.2. The van der Waals surface area contributed by atoms with Crippen LogP contribution in [0.3, 0.4) is 0 Å². The third-order valence-electron chi connectivity index (χ3n) is 3.73. The Morgan fingerprint density at radius 3 is 2.71 bits per heavy atom. The highest BCUT2D eigenvalue weighted by Crippen LogP contribution is 2.21. The lowest BCUT2D eigenvalue weighted by molar-refractivity contribution is 0.0963. The quantitative estimate of drug-likeness (QED) is 0.749. The molecule has 2 rings (SSSR count). The third-order valence-corrected chi connectivity index (χ3v) is 7.06. The van der Waals surface area contributed by atoms with E-state index in [0.29, 0.717) is 24.3 Å². The monoisotopic (exact) mass is 327 g/mol. The summed E-state index contributed by atoms with van der Waals surface area (Å²) in [5, 5.41) is -0.440. The number of Topliss-reactive ketones (excluding diaryl/α,β-unsaturated/α-hetero) is 1. The van der Waals surface area contributed by atoms with Crippen molar-refractivity contribution < 1.29 is 13.2 Å². The molecular weight excluding hydrogens is 306 g/mol. The fourth-order valence-electron chi connectivity index (χ4n) is 2.41. The molecule has 0 bridgehead atoms. The Hall–Kier alpha value is -0.850. The first-order valence-corrected chi connectivity index (χ1v) is 10.0. The minimum absolute atomic E-state index is 0.0708. The van der Waals surface area contributed by atoms with E-state index in [-0.39, 0.29) is 11.5 Å². The topological polar surface area (TPSA) is 54.5 Å². The van der Waals surface area contributed by atoms with E-state index in [9.17, 15) is 13.2 Å². The molecule has 1 aliphatic heterocycles. The molecule has 1 aromatic rings. The summed E-state index contributed by atoms with van der Waals surface area (Å²) in [6.07, 6.45) is 0.365. The van der Waals surface area contributed by atoms with Gasteiger partial charge in [0, 0.05) is 42.3 Å². The van der Waals surface area contributed by atoms with E-state index in [0.717, 1.165) is 12.3 Å². The van der Waals surface area contributed by atoms with Crippen LogP contribution in [0, 0.1) is 0 Å². The Labute approximate surface area is 130 Å². The lowest BCUT2D eigenvalue weighted by Gasteiger charge is -2.34. The molecule has 0 amide bonds. The van der Waals surface area contributed by atoms with Crippen LogP contribution in [-0.4, -0.2) is 54.8 Å². The number of carbonyl (C=O) groups excluding carboxylic acids is 1. The van der Waals surface area contributed by atoms with Crippen molar-refractivity contribution in [3.05, 3.63) is 35.9 Å². The Morgan fingerprint density at radius 1 is 1.33 bits per heavy atom. The van der Waals surface area contributed by atoms with Gasteiger partial charge in [0.15, 0.2) is 15.6 Å². The largest absolute Gasteiger partial charge is 0.294 e. The van der Waals surface area contributed by atoms with Crippen LogP contribution in [0.25, 0.3) is 0 Å². The highest BCUT2D eigenvalue weighted by molar-refractivity contribution is 8.01. The zero-order chi connectivity index (χ0) is 15.3. The first kappa shape index (κ1) is 16.5. The van der Waals surface area contributed by atoms with Gasteiger partial charge in [0.1, 0.15) is 5.37 Å². The molecule has 1 unspecified atom stereocenters. The molecule has 0 N–H and O–H groups in total. The Morgan fingerprint density at radius 2 is 2.05 bits per heavy atom. The van der Waals surface area contributed by atoms with Gasteiger partial charge in [0.05, 0.1) is 0 Å². The minimum Gasteiger partial charge on any atom is -0.294 e. The van der Waals surface area contributed by atoms with Gasteiger partial charge < -0.3 is 0 Å². The maximum atomic E-state index is 12.1. The van der Waals surface area contributed by atoms with Crippen molar-refractivity contribution in [2.24, 2.45) is 0 Å². The van der Waals surface area contributed by atoms with E-state index in [2.05, 4.69) is 0 Å². The van der Waals surface area contributed by atoms with Gasteiger partial charge in [0.25, 0.3) is 0 Å². The van der Waals surface area contributed by atoms with E-state index in [4.69, 9.17) is 0 Å². The standard InChI is InChI=1S/C15H21NO3S2/c1-2-21(18,19)15-12-20-11-10-16(15)9-8-14(17)13-6-4-3-5-7-13/h3-7,15H,2,8-12H2,1H3. The Kier molecular flexibility index (Phi) is 5.84. The summed E-state index contributed by atoms with van der Waals surface area (Å²) in [7, 11) is -3.09. The molecule has 0 radical (unpaired) electrons. The molecule has 0 spiro atoms. The van der Waals surface area contributed by atoms with Crippen molar-refractivity contribution in [3.8, 4) is 0 Å². The summed E-state index contributed by atoms with van der Waals surface area (Å²) in [5.41, 5.74) is 0.693. The van der Waals surface area contributed by atoms with Gasteiger partial charge >= 0.3 is 0 Å². The first-order chi connectivity index (χ1) is 10.0. The molecule has 1 fully saturated rings. The lowest BCUT2D eigenvalue weighted by Crippen LogP contribution is -2.48. The number of benzene rings is 1. The van der Waals surface area contributed by atoms with E-state index in [1.807, 2.05) is 23.1 Å². The second-order valence-electron chi connectivity index (χ2n) is 5.06. The summed E-state index contributed by atoms with van der Waals surface area (Å²) in [4.78, 5) is 14.1. The average molecular weight is 327 g/mol. The Bertz CT molecular complexity index is 572. The van der Waals surface area contributed by atoms with Gasteiger partial charge in [-0.1, -0.05) is 37.3 Å². The number of carbonyl (C=O) groups is 1. The number of nitrogens with zero attached hydrogens (tertiary/aromatic N) is 1. The van der Waals surface area contributed by atoms with Crippen molar-refractivity contribution in [2.45, 2.75) is 18.7 Å². The number of thioether (sulfide) groups is 1. The van der Waals surface area contributed by atoms with E-state index in [1.54, 1.807) is 30.8 Å². The van der Waals surface area contributed by atoms with Crippen molar-refractivity contribution in [1.82, 2.24) is 4.90 Å². The molecule has 116 valence electrons. The van der Waals surface area contributed by atoms with Crippen molar-refractivity contribution >= 4 is 27.4 Å².